The molecule has 0 aliphatic carbocycles. The Labute approximate surface area is 101 Å². The van der Waals surface area contributed by atoms with Crippen LogP contribution >= 0.6 is 0 Å². The smallest absolute Gasteiger partial charge is 0.410 e. The van der Waals surface area contributed by atoms with Crippen molar-refractivity contribution >= 4 is 6.09 Å². The number of amides is 1. The molecule has 1 aliphatic heterocycles. The molecule has 1 saturated heterocycles. The second-order valence-electron chi connectivity index (χ2n) is 4.33. The minimum atomic E-state index is -0.431. The number of likely N-dealkylation sites (tertiary alicyclic amines) is 1. The van der Waals surface area contributed by atoms with Gasteiger partial charge in [0.1, 0.15) is 6.61 Å². The fourth-order valence-corrected chi connectivity index (χ4v) is 1.98. The minimum absolute atomic E-state index is 0.154. The van der Waals surface area contributed by atoms with Crippen LogP contribution in [0.1, 0.15) is 18.9 Å². The van der Waals surface area contributed by atoms with E-state index in [2.05, 4.69) is 0 Å². The summed E-state index contributed by atoms with van der Waals surface area (Å²) in [5, 5.41) is 9.55. The molecular weight excluding hydrogens is 218 g/mol. The third kappa shape index (κ3) is 2.77. The summed E-state index contributed by atoms with van der Waals surface area (Å²) in [6.07, 6.45) is -0.154. The van der Waals surface area contributed by atoms with Crippen LogP contribution in [-0.4, -0.2) is 34.8 Å². The van der Waals surface area contributed by atoms with E-state index in [0.29, 0.717) is 13.0 Å². The van der Waals surface area contributed by atoms with Gasteiger partial charge in [0.05, 0.1) is 12.1 Å². The fraction of sp³-hybridized carbons (Fsp3) is 0.462. The standard InChI is InChI=1S/C13H17NO3/c1-10-12(15)7-8-14(10)13(16)17-9-11-5-3-2-4-6-11/h2-6,10,12,15H,7-9H2,1H3/t10-,12-/m1/s1. The van der Waals surface area contributed by atoms with Crippen molar-refractivity contribution in [2.24, 2.45) is 0 Å². The van der Waals surface area contributed by atoms with Crippen LogP contribution in [0, 0.1) is 0 Å². The number of aliphatic hydroxyl groups is 1. The third-order valence-corrected chi connectivity index (χ3v) is 3.15. The number of rotatable bonds is 2. The zero-order valence-electron chi connectivity index (χ0n) is 9.87. The second kappa shape index (κ2) is 5.19. The number of hydrogen-bond donors (Lipinski definition) is 1. The van der Waals surface area contributed by atoms with Crippen LogP contribution in [0.5, 0.6) is 0 Å². The number of carbonyl (C=O) groups excluding carboxylic acids is 1. The van der Waals surface area contributed by atoms with Gasteiger partial charge in [-0.05, 0) is 18.9 Å². The Morgan fingerprint density at radius 3 is 2.76 bits per heavy atom. The van der Waals surface area contributed by atoms with E-state index in [1.807, 2.05) is 37.3 Å². The lowest BCUT2D eigenvalue weighted by Crippen LogP contribution is -2.37. The summed E-state index contributed by atoms with van der Waals surface area (Å²) >= 11 is 0. The first-order chi connectivity index (χ1) is 8.18. The summed E-state index contributed by atoms with van der Waals surface area (Å²) in [7, 11) is 0. The Morgan fingerprint density at radius 1 is 1.47 bits per heavy atom. The van der Waals surface area contributed by atoms with E-state index in [9.17, 15) is 9.90 Å². The van der Waals surface area contributed by atoms with Gasteiger partial charge in [-0.3, -0.25) is 0 Å². The molecule has 2 atom stereocenters. The normalized spacial score (nSPS) is 23.8. The quantitative estimate of drug-likeness (QED) is 0.850. The Balaban J connectivity index is 1.86. The van der Waals surface area contributed by atoms with Gasteiger partial charge in [-0.2, -0.15) is 0 Å². The molecule has 1 amide bonds. The molecule has 4 heteroatoms. The monoisotopic (exact) mass is 235 g/mol. The first-order valence-corrected chi connectivity index (χ1v) is 5.84. The molecule has 0 aromatic heterocycles. The van der Waals surface area contributed by atoms with Crippen LogP contribution in [0.2, 0.25) is 0 Å². The minimum Gasteiger partial charge on any atom is -0.445 e. The fourth-order valence-electron chi connectivity index (χ4n) is 1.98. The molecule has 0 spiro atoms. The molecule has 1 aromatic carbocycles. The molecule has 0 radical (unpaired) electrons. The van der Waals surface area contributed by atoms with Crippen LogP contribution in [-0.2, 0) is 11.3 Å². The average molecular weight is 235 g/mol. The molecular formula is C13H17NO3. The van der Waals surface area contributed by atoms with Crippen molar-refractivity contribution in [1.29, 1.82) is 0 Å². The maximum atomic E-state index is 11.8. The number of hydrogen-bond acceptors (Lipinski definition) is 3. The Hall–Kier alpha value is -1.55. The van der Waals surface area contributed by atoms with Gasteiger partial charge >= 0.3 is 6.09 Å². The van der Waals surface area contributed by atoms with E-state index in [4.69, 9.17) is 4.74 Å². The van der Waals surface area contributed by atoms with E-state index in [1.54, 1.807) is 4.90 Å². The van der Waals surface area contributed by atoms with Gasteiger partial charge in [-0.15, -0.1) is 0 Å². The predicted octanol–water partition coefficient (Wildman–Crippen LogP) is 1.78. The van der Waals surface area contributed by atoms with Gasteiger partial charge in [0.15, 0.2) is 0 Å². The maximum absolute atomic E-state index is 11.8. The summed E-state index contributed by atoms with van der Waals surface area (Å²) in [5.41, 5.74) is 0.966. The van der Waals surface area contributed by atoms with Gasteiger partial charge in [0.25, 0.3) is 0 Å². The van der Waals surface area contributed by atoms with Gasteiger partial charge < -0.3 is 14.7 Å². The number of aliphatic hydroxyl groups excluding tert-OH is 1. The molecule has 0 bridgehead atoms. The van der Waals surface area contributed by atoms with Gasteiger partial charge in [0.2, 0.25) is 0 Å². The molecule has 0 saturated carbocycles. The molecule has 0 unspecified atom stereocenters. The van der Waals surface area contributed by atoms with Gasteiger partial charge in [0, 0.05) is 6.54 Å². The lowest BCUT2D eigenvalue weighted by Gasteiger charge is -2.21. The average Bonchev–Trinajstić information content (AvgIpc) is 2.69. The maximum Gasteiger partial charge on any atom is 0.410 e. The SMILES string of the molecule is C[C@@H]1[C@H](O)CCN1C(=O)OCc1ccccc1. The Morgan fingerprint density at radius 2 is 2.18 bits per heavy atom. The molecule has 4 nitrogen and oxygen atoms in total. The van der Waals surface area contributed by atoms with E-state index in [1.165, 1.54) is 0 Å². The predicted molar refractivity (Wildman–Crippen MR) is 63.4 cm³/mol. The molecule has 2 rings (SSSR count). The van der Waals surface area contributed by atoms with Gasteiger partial charge in [-0.25, -0.2) is 4.79 Å². The summed E-state index contributed by atoms with van der Waals surface area (Å²) in [6, 6.07) is 9.41. The van der Waals surface area contributed by atoms with Crippen molar-refractivity contribution in [3.8, 4) is 0 Å². The first-order valence-electron chi connectivity index (χ1n) is 5.84. The highest BCUT2D eigenvalue weighted by molar-refractivity contribution is 5.68. The van der Waals surface area contributed by atoms with E-state index in [0.717, 1.165) is 5.56 Å². The second-order valence-corrected chi connectivity index (χ2v) is 4.33. The van der Waals surface area contributed by atoms with Crippen molar-refractivity contribution < 1.29 is 14.6 Å². The van der Waals surface area contributed by atoms with Crippen molar-refractivity contribution in [3.05, 3.63) is 35.9 Å². The van der Waals surface area contributed by atoms with Crippen LogP contribution < -0.4 is 0 Å². The summed E-state index contributed by atoms with van der Waals surface area (Å²) in [4.78, 5) is 13.3. The molecule has 92 valence electrons. The lowest BCUT2D eigenvalue weighted by atomic mass is 10.2. The van der Waals surface area contributed by atoms with Crippen molar-refractivity contribution in [2.45, 2.75) is 32.1 Å². The molecule has 1 N–H and O–H groups in total. The van der Waals surface area contributed by atoms with Crippen molar-refractivity contribution in [1.82, 2.24) is 4.90 Å². The largest absolute Gasteiger partial charge is 0.445 e. The molecule has 17 heavy (non-hydrogen) atoms. The van der Waals surface area contributed by atoms with E-state index in [-0.39, 0.29) is 18.7 Å². The molecule has 1 heterocycles. The lowest BCUT2D eigenvalue weighted by molar-refractivity contribution is 0.0768. The molecule has 1 aromatic rings. The highest BCUT2D eigenvalue weighted by Gasteiger charge is 2.33. The van der Waals surface area contributed by atoms with Crippen LogP contribution in [0.25, 0.3) is 0 Å². The topological polar surface area (TPSA) is 49.8 Å². The van der Waals surface area contributed by atoms with Crippen molar-refractivity contribution in [3.63, 3.8) is 0 Å². The number of benzene rings is 1. The zero-order chi connectivity index (χ0) is 12.3. The number of ether oxygens (including phenoxy) is 1. The summed E-state index contributed by atoms with van der Waals surface area (Å²) < 4.78 is 5.21. The summed E-state index contributed by atoms with van der Waals surface area (Å²) in [6.45, 7) is 2.68. The van der Waals surface area contributed by atoms with Gasteiger partial charge in [-0.1, -0.05) is 30.3 Å². The number of nitrogens with zero attached hydrogens (tertiary/aromatic N) is 1. The molecule has 1 fully saturated rings. The van der Waals surface area contributed by atoms with Crippen LogP contribution in [0.3, 0.4) is 0 Å². The molecule has 1 aliphatic rings. The summed E-state index contributed by atoms with van der Waals surface area (Å²) in [5.74, 6) is 0. The number of carbonyl (C=O) groups is 1. The Bertz CT molecular complexity index is 380. The van der Waals surface area contributed by atoms with E-state index >= 15 is 0 Å². The van der Waals surface area contributed by atoms with E-state index < -0.39 is 6.10 Å². The third-order valence-electron chi connectivity index (χ3n) is 3.15. The first kappa shape index (κ1) is 11.9. The Kier molecular flexibility index (Phi) is 3.64. The highest BCUT2D eigenvalue weighted by atomic mass is 16.6. The highest BCUT2D eigenvalue weighted by Crippen LogP contribution is 2.18. The van der Waals surface area contributed by atoms with Crippen molar-refractivity contribution in [2.75, 3.05) is 6.54 Å². The van der Waals surface area contributed by atoms with Crippen LogP contribution in [0.15, 0.2) is 30.3 Å². The zero-order valence-corrected chi connectivity index (χ0v) is 9.87. The van der Waals surface area contributed by atoms with Crippen LogP contribution in [0.4, 0.5) is 4.79 Å².